The number of carbonyl (C=O) groups excluding carboxylic acids is 1. The van der Waals surface area contributed by atoms with Crippen molar-refractivity contribution in [2.45, 2.75) is 51.2 Å². The molecule has 1 saturated carbocycles. The molecule has 102 valence electrons. The summed E-state index contributed by atoms with van der Waals surface area (Å²) < 4.78 is 5.38. The Morgan fingerprint density at radius 3 is 2.95 bits per heavy atom. The van der Waals surface area contributed by atoms with Crippen molar-refractivity contribution in [3.05, 3.63) is 23.0 Å². The first-order valence-corrected chi connectivity index (χ1v) is 7.07. The van der Waals surface area contributed by atoms with Crippen LogP contribution in [0.5, 0.6) is 0 Å². The number of rotatable bonds is 2. The van der Waals surface area contributed by atoms with Crippen molar-refractivity contribution in [1.82, 2.24) is 15.5 Å². The van der Waals surface area contributed by atoms with Crippen LogP contribution in [0.1, 0.15) is 53.8 Å². The summed E-state index contributed by atoms with van der Waals surface area (Å²) in [6, 6.07) is 2.12. The van der Waals surface area contributed by atoms with E-state index in [0.717, 1.165) is 30.5 Å². The molecule has 1 N–H and O–H groups in total. The highest BCUT2D eigenvalue weighted by Crippen LogP contribution is 2.18. The second kappa shape index (κ2) is 5.65. The average molecular weight is 261 g/mol. The minimum absolute atomic E-state index is 0.104. The standard InChI is InChI=1S/C14H19N3O2/c18-14(15-11-4-2-1-3-5-11)13-8-10-9-19-7-6-12(10)16-17-13/h8,11H,1-7,9H2,(H,15,18). The first kappa shape index (κ1) is 12.5. The molecule has 1 aromatic rings. The monoisotopic (exact) mass is 261 g/mol. The van der Waals surface area contributed by atoms with Crippen LogP contribution in [0.15, 0.2) is 6.07 Å². The highest BCUT2D eigenvalue weighted by Gasteiger charge is 2.19. The van der Waals surface area contributed by atoms with Gasteiger partial charge >= 0.3 is 0 Å². The van der Waals surface area contributed by atoms with Gasteiger partial charge in [-0.05, 0) is 18.9 Å². The molecule has 0 radical (unpaired) electrons. The molecule has 0 aromatic carbocycles. The van der Waals surface area contributed by atoms with Crippen LogP contribution in [-0.2, 0) is 17.8 Å². The van der Waals surface area contributed by atoms with Crippen LogP contribution in [-0.4, -0.2) is 28.8 Å². The van der Waals surface area contributed by atoms with Crippen molar-refractivity contribution in [2.75, 3.05) is 6.61 Å². The van der Waals surface area contributed by atoms with Gasteiger partial charge in [0.15, 0.2) is 5.69 Å². The molecular formula is C14H19N3O2. The fourth-order valence-electron chi connectivity index (χ4n) is 2.76. The number of ether oxygens (including phenoxy) is 1. The van der Waals surface area contributed by atoms with Crippen molar-refractivity contribution in [3.8, 4) is 0 Å². The molecule has 5 heteroatoms. The van der Waals surface area contributed by atoms with Gasteiger partial charge in [-0.1, -0.05) is 19.3 Å². The van der Waals surface area contributed by atoms with Gasteiger partial charge in [-0.25, -0.2) is 0 Å². The molecule has 1 aromatic heterocycles. The van der Waals surface area contributed by atoms with Crippen LogP contribution in [0.2, 0.25) is 0 Å². The SMILES string of the molecule is O=C(NC1CCCCC1)c1cc2c(nn1)CCOC2. The molecule has 1 amide bonds. The smallest absolute Gasteiger partial charge is 0.272 e. The summed E-state index contributed by atoms with van der Waals surface area (Å²) in [6.45, 7) is 1.23. The second-order valence-electron chi connectivity index (χ2n) is 5.31. The van der Waals surface area contributed by atoms with E-state index in [2.05, 4.69) is 15.5 Å². The van der Waals surface area contributed by atoms with Crippen LogP contribution in [0.4, 0.5) is 0 Å². The lowest BCUT2D eigenvalue weighted by atomic mass is 9.95. The van der Waals surface area contributed by atoms with Gasteiger partial charge in [0.05, 0.1) is 18.9 Å². The molecule has 1 aliphatic heterocycles. The van der Waals surface area contributed by atoms with Crippen LogP contribution < -0.4 is 5.32 Å². The molecule has 0 unspecified atom stereocenters. The number of carbonyl (C=O) groups is 1. The highest BCUT2D eigenvalue weighted by atomic mass is 16.5. The molecule has 1 aliphatic carbocycles. The molecule has 2 heterocycles. The normalized spacial score (nSPS) is 19.8. The predicted octanol–water partition coefficient (Wildman–Crippen LogP) is 1.61. The molecular weight excluding hydrogens is 242 g/mol. The molecule has 2 aliphatic rings. The van der Waals surface area contributed by atoms with Crippen LogP contribution in [0.3, 0.4) is 0 Å². The zero-order valence-corrected chi connectivity index (χ0v) is 11.0. The molecule has 1 fully saturated rings. The van der Waals surface area contributed by atoms with Gasteiger partial charge in [0.2, 0.25) is 0 Å². The first-order chi connectivity index (χ1) is 9.33. The zero-order chi connectivity index (χ0) is 13.1. The van der Waals surface area contributed by atoms with Gasteiger partial charge in [0.25, 0.3) is 5.91 Å². The maximum absolute atomic E-state index is 12.1. The van der Waals surface area contributed by atoms with E-state index in [4.69, 9.17) is 4.74 Å². The van der Waals surface area contributed by atoms with E-state index in [0.29, 0.717) is 24.9 Å². The summed E-state index contributed by atoms with van der Waals surface area (Å²) >= 11 is 0. The van der Waals surface area contributed by atoms with Crippen molar-refractivity contribution < 1.29 is 9.53 Å². The van der Waals surface area contributed by atoms with Gasteiger partial charge in [-0.2, -0.15) is 5.10 Å². The lowest BCUT2D eigenvalue weighted by Crippen LogP contribution is -2.36. The Hall–Kier alpha value is -1.49. The number of amides is 1. The van der Waals surface area contributed by atoms with E-state index in [1.807, 2.05) is 6.07 Å². The minimum atomic E-state index is -0.104. The third kappa shape index (κ3) is 2.92. The molecule has 5 nitrogen and oxygen atoms in total. The predicted molar refractivity (Wildman–Crippen MR) is 69.7 cm³/mol. The molecule has 0 bridgehead atoms. The topological polar surface area (TPSA) is 64.1 Å². The second-order valence-corrected chi connectivity index (χ2v) is 5.31. The fraction of sp³-hybridized carbons (Fsp3) is 0.643. The summed E-state index contributed by atoms with van der Waals surface area (Å²) in [5.41, 5.74) is 2.37. The lowest BCUT2D eigenvalue weighted by molar-refractivity contribution is 0.0917. The van der Waals surface area contributed by atoms with Gasteiger partial charge < -0.3 is 10.1 Å². The number of fused-ring (bicyclic) bond motifs is 1. The summed E-state index contributed by atoms with van der Waals surface area (Å²) in [6.07, 6.45) is 6.62. The van der Waals surface area contributed by atoms with Gasteiger partial charge in [0, 0.05) is 18.0 Å². The van der Waals surface area contributed by atoms with E-state index < -0.39 is 0 Å². The van der Waals surface area contributed by atoms with Crippen LogP contribution in [0.25, 0.3) is 0 Å². The van der Waals surface area contributed by atoms with Crippen LogP contribution in [0, 0.1) is 0 Å². The minimum Gasteiger partial charge on any atom is -0.376 e. The van der Waals surface area contributed by atoms with Crippen molar-refractivity contribution in [3.63, 3.8) is 0 Å². The maximum atomic E-state index is 12.1. The Morgan fingerprint density at radius 1 is 1.26 bits per heavy atom. The third-order valence-electron chi connectivity index (χ3n) is 3.87. The maximum Gasteiger partial charge on any atom is 0.272 e. The number of nitrogens with zero attached hydrogens (tertiary/aromatic N) is 2. The quantitative estimate of drug-likeness (QED) is 0.878. The number of hydrogen-bond donors (Lipinski definition) is 1. The largest absolute Gasteiger partial charge is 0.376 e. The molecule has 3 rings (SSSR count). The zero-order valence-electron chi connectivity index (χ0n) is 11.0. The first-order valence-electron chi connectivity index (χ1n) is 7.07. The summed E-state index contributed by atoms with van der Waals surface area (Å²) in [7, 11) is 0. The van der Waals surface area contributed by atoms with Crippen molar-refractivity contribution >= 4 is 5.91 Å². The van der Waals surface area contributed by atoms with Crippen LogP contribution >= 0.6 is 0 Å². The van der Waals surface area contributed by atoms with Crippen molar-refractivity contribution in [1.29, 1.82) is 0 Å². The third-order valence-corrected chi connectivity index (χ3v) is 3.87. The Bertz CT molecular complexity index is 470. The summed E-state index contributed by atoms with van der Waals surface area (Å²) in [5, 5.41) is 11.2. The Morgan fingerprint density at radius 2 is 2.11 bits per heavy atom. The number of hydrogen-bond acceptors (Lipinski definition) is 4. The van der Waals surface area contributed by atoms with E-state index >= 15 is 0 Å². The van der Waals surface area contributed by atoms with E-state index in [-0.39, 0.29) is 5.91 Å². The Labute approximate surface area is 112 Å². The van der Waals surface area contributed by atoms with E-state index in [1.54, 1.807) is 0 Å². The molecule has 0 spiro atoms. The van der Waals surface area contributed by atoms with E-state index in [9.17, 15) is 4.79 Å². The van der Waals surface area contributed by atoms with Gasteiger partial charge in [0.1, 0.15) is 0 Å². The Balaban J connectivity index is 1.69. The fourth-order valence-corrected chi connectivity index (χ4v) is 2.76. The van der Waals surface area contributed by atoms with E-state index in [1.165, 1.54) is 19.3 Å². The highest BCUT2D eigenvalue weighted by molar-refractivity contribution is 5.92. The molecule has 19 heavy (non-hydrogen) atoms. The molecule has 0 atom stereocenters. The average Bonchev–Trinajstić information content (AvgIpc) is 2.48. The molecule has 0 saturated heterocycles. The van der Waals surface area contributed by atoms with Crippen molar-refractivity contribution in [2.24, 2.45) is 0 Å². The number of nitrogens with one attached hydrogen (secondary N) is 1. The summed E-state index contributed by atoms with van der Waals surface area (Å²) in [5.74, 6) is -0.104. The number of aromatic nitrogens is 2. The van der Waals surface area contributed by atoms with Gasteiger partial charge in [-0.3, -0.25) is 4.79 Å². The lowest BCUT2D eigenvalue weighted by Gasteiger charge is -2.22. The van der Waals surface area contributed by atoms with Gasteiger partial charge in [-0.15, -0.1) is 5.10 Å². The Kier molecular flexibility index (Phi) is 3.73. The summed E-state index contributed by atoms with van der Waals surface area (Å²) in [4.78, 5) is 12.1.